The fourth-order valence-electron chi connectivity index (χ4n) is 2.29. The zero-order valence-corrected chi connectivity index (χ0v) is 10.6. The number of carbonyl (C=O) groups is 1. The molecule has 2 rings (SSSR count). The minimum Gasteiger partial charge on any atom is -0.497 e. The number of benzene rings is 2. The van der Waals surface area contributed by atoms with Gasteiger partial charge in [-0.25, -0.2) is 0 Å². The Kier molecular flexibility index (Phi) is 3.51. The number of ether oxygens (including phenoxy) is 1. The molecular weight excluding hydrogens is 228 g/mol. The molecule has 0 aliphatic carbocycles. The van der Waals surface area contributed by atoms with E-state index in [0.29, 0.717) is 0 Å². The zero-order chi connectivity index (χ0) is 13.1. The maximum atomic E-state index is 10.9. The van der Waals surface area contributed by atoms with E-state index in [1.54, 1.807) is 7.11 Å². The molecule has 94 valence electrons. The fourth-order valence-corrected chi connectivity index (χ4v) is 2.29. The second-order valence-electron chi connectivity index (χ2n) is 4.21. The van der Waals surface area contributed by atoms with Gasteiger partial charge in [-0.1, -0.05) is 25.1 Å². The molecular formula is C15H16O3. The van der Waals surface area contributed by atoms with Crippen molar-refractivity contribution in [1.29, 1.82) is 0 Å². The molecule has 0 bridgehead atoms. The van der Waals surface area contributed by atoms with Crippen molar-refractivity contribution in [3.63, 3.8) is 0 Å². The first kappa shape index (κ1) is 12.4. The van der Waals surface area contributed by atoms with E-state index in [-0.39, 0.29) is 6.42 Å². The third-order valence-corrected chi connectivity index (χ3v) is 3.13. The van der Waals surface area contributed by atoms with Gasteiger partial charge in [0.15, 0.2) is 0 Å². The normalized spacial score (nSPS) is 10.6. The minimum atomic E-state index is -0.794. The minimum absolute atomic E-state index is 0.0745. The van der Waals surface area contributed by atoms with E-state index in [1.165, 1.54) is 0 Å². The summed E-state index contributed by atoms with van der Waals surface area (Å²) in [6.07, 6.45) is 0.900. The van der Waals surface area contributed by atoms with Gasteiger partial charge in [-0.3, -0.25) is 4.79 Å². The Morgan fingerprint density at radius 3 is 2.67 bits per heavy atom. The number of aryl methyl sites for hydroxylation is 1. The first-order valence-electron chi connectivity index (χ1n) is 5.96. The zero-order valence-electron chi connectivity index (χ0n) is 10.6. The molecule has 2 aromatic rings. The van der Waals surface area contributed by atoms with Gasteiger partial charge in [0.05, 0.1) is 13.5 Å². The Labute approximate surface area is 106 Å². The molecule has 0 amide bonds. The van der Waals surface area contributed by atoms with Crippen molar-refractivity contribution in [2.75, 3.05) is 7.11 Å². The largest absolute Gasteiger partial charge is 0.497 e. The summed E-state index contributed by atoms with van der Waals surface area (Å²) in [4.78, 5) is 10.9. The Morgan fingerprint density at radius 1 is 1.28 bits per heavy atom. The molecule has 0 saturated heterocycles. The van der Waals surface area contributed by atoms with E-state index in [0.717, 1.165) is 34.1 Å². The molecule has 0 atom stereocenters. The van der Waals surface area contributed by atoms with Crippen LogP contribution in [0.3, 0.4) is 0 Å². The van der Waals surface area contributed by atoms with Crippen LogP contribution in [-0.4, -0.2) is 18.2 Å². The first-order chi connectivity index (χ1) is 8.65. The summed E-state index contributed by atoms with van der Waals surface area (Å²) in [6.45, 7) is 2.05. The summed E-state index contributed by atoms with van der Waals surface area (Å²) in [5, 5.41) is 11.1. The fraction of sp³-hybridized carbons (Fsp3) is 0.267. The summed E-state index contributed by atoms with van der Waals surface area (Å²) in [6, 6.07) is 9.73. The molecule has 0 unspecified atom stereocenters. The van der Waals surface area contributed by atoms with Crippen LogP contribution in [0.2, 0.25) is 0 Å². The van der Waals surface area contributed by atoms with E-state index >= 15 is 0 Å². The highest BCUT2D eigenvalue weighted by atomic mass is 16.5. The molecule has 2 aromatic carbocycles. The predicted molar refractivity (Wildman–Crippen MR) is 71.2 cm³/mol. The van der Waals surface area contributed by atoms with Crippen LogP contribution < -0.4 is 4.74 Å². The highest BCUT2D eigenvalue weighted by Gasteiger charge is 2.09. The Morgan fingerprint density at radius 2 is 2.06 bits per heavy atom. The van der Waals surface area contributed by atoms with Gasteiger partial charge in [0.2, 0.25) is 0 Å². The average molecular weight is 244 g/mol. The maximum absolute atomic E-state index is 10.9. The third kappa shape index (κ3) is 2.30. The predicted octanol–water partition coefficient (Wildman–Crippen LogP) is 3.04. The summed E-state index contributed by atoms with van der Waals surface area (Å²) in [5.41, 5.74) is 2.00. The van der Waals surface area contributed by atoms with E-state index in [1.807, 2.05) is 37.3 Å². The van der Waals surface area contributed by atoms with Gasteiger partial charge in [0.25, 0.3) is 0 Å². The summed E-state index contributed by atoms with van der Waals surface area (Å²) in [7, 11) is 1.64. The SMILES string of the molecule is CCc1c(CC(=O)O)ccc2cc(OC)ccc12. The molecule has 18 heavy (non-hydrogen) atoms. The van der Waals surface area contributed by atoms with Crippen LogP contribution in [0, 0.1) is 0 Å². The van der Waals surface area contributed by atoms with Crippen molar-refractivity contribution >= 4 is 16.7 Å². The molecule has 3 heteroatoms. The molecule has 0 aliphatic heterocycles. The third-order valence-electron chi connectivity index (χ3n) is 3.13. The lowest BCUT2D eigenvalue weighted by molar-refractivity contribution is -0.136. The van der Waals surface area contributed by atoms with Crippen LogP contribution in [0.15, 0.2) is 30.3 Å². The number of carboxylic acids is 1. The number of hydrogen-bond acceptors (Lipinski definition) is 2. The van der Waals surface area contributed by atoms with E-state index in [2.05, 4.69) is 0 Å². The van der Waals surface area contributed by atoms with Gasteiger partial charge in [0, 0.05) is 0 Å². The average Bonchev–Trinajstić information content (AvgIpc) is 2.37. The van der Waals surface area contributed by atoms with Crippen LogP contribution in [0.25, 0.3) is 10.8 Å². The molecule has 3 nitrogen and oxygen atoms in total. The Bertz CT molecular complexity index is 588. The van der Waals surface area contributed by atoms with E-state index in [9.17, 15) is 4.79 Å². The second kappa shape index (κ2) is 5.08. The van der Waals surface area contributed by atoms with Gasteiger partial charge in [0.1, 0.15) is 5.75 Å². The number of carboxylic acid groups (broad SMARTS) is 1. The number of rotatable bonds is 4. The van der Waals surface area contributed by atoms with Gasteiger partial charge < -0.3 is 9.84 Å². The number of aliphatic carboxylic acids is 1. The lowest BCUT2D eigenvalue weighted by Crippen LogP contribution is -2.03. The van der Waals surface area contributed by atoms with Crippen LogP contribution >= 0.6 is 0 Å². The molecule has 0 fully saturated rings. The lowest BCUT2D eigenvalue weighted by atomic mass is 9.95. The summed E-state index contributed by atoms with van der Waals surface area (Å²) >= 11 is 0. The van der Waals surface area contributed by atoms with Gasteiger partial charge >= 0.3 is 5.97 Å². The van der Waals surface area contributed by atoms with Crippen molar-refractivity contribution < 1.29 is 14.6 Å². The van der Waals surface area contributed by atoms with Crippen LogP contribution in [-0.2, 0) is 17.6 Å². The molecule has 0 aliphatic rings. The van der Waals surface area contributed by atoms with E-state index in [4.69, 9.17) is 9.84 Å². The molecule has 0 spiro atoms. The highest BCUT2D eigenvalue weighted by Crippen LogP contribution is 2.27. The monoisotopic (exact) mass is 244 g/mol. The maximum Gasteiger partial charge on any atom is 0.307 e. The number of fused-ring (bicyclic) bond motifs is 1. The first-order valence-corrected chi connectivity index (χ1v) is 5.96. The lowest BCUT2D eigenvalue weighted by Gasteiger charge is -2.11. The summed E-state index contributed by atoms with van der Waals surface area (Å²) in [5.74, 6) is 0.0214. The smallest absolute Gasteiger partial charge is 0.307 e. The van der Waals surface area contributed by atoms with Crippen molar-refractivity contribution in [3.05, 3.63) is 41.5 Å². The van der Waals surface area contributed by atoms with Crippen molar-refractivity contribution in [2.24, 2.45) is 0 Å². The molecule has 0 saturated carbocycles. The Hall–Kier alpha value is -2.03. The number of hydrogen-bond donors (Lipinski definition) is 1. The molecule has 0 aromatic heterocycles. The molecule has 0 heterocycles. The summed E-state index contributed by atoms with van der Waals surface area (Å²) < 4.78 is 5.20. The van der Waals surface area contributed by atoms with Gasteiger partial charge in [-0.15, -0.1) is 0 Å². The van der Waals surface area contributed by atoms with Crippen LogP contribution in [0.4, 0.5) is 0 Å². The second-order valence-corrected chi connectivity index (χ2v) is 4.21. The number of methoxy groups -OCH3 is 1. The highest BCUT2D eigenvalue weighted by molar-refractivity contribution is 5.89. The standard InChI is InChI=1S/C15H16O3/c1-3-13-11(9-15(16)17)5-4-10-8-12(18-2)6-7-14(10)13/h4-8H,3,9H2,1-2H3,(H,16,17). The van der Waals surface area contributed by atoms with Crippen molar-refractivity contribution in [1.82, 2.24) is 0 Å². The van der Waals surface area contributed by atoms with E-state index < -0.39 is 5.97 Å². The van der Waals surface area contributed by atoms with Crippen LogP contribution in [0.1, 0.15) is 18.1 Å². The molecule has 0 radical (unpaired) electrons. The van der Waals surface area contributed by atoms with Crippen molar-refractivity contribution in [2.45, 2.75) is 19.8 Å². The Balaban J connectivity index is 2.60. The van der Waals surface area contributed by atoms with Gasteiger partial charge in [-0.2, -0.15) is 0 Å². The topological polar surface area (TPSA) is 46.5 Å². The quantitative estimate of drug-likeness (QED) is 0.899. The van der Waals surface area contributed by atoms with Crippen molar-refractivity contribution in [3.8, 4) is 5.75 Å². The van der Waals surface area contributed by atoms with Crippen LogP contribution in [0.5, 0.6) is 5.75 Å². The molecule has 1 N–H and O–H groups in total. The van der Waals surface area contributed by atoms with Gasteiger partial charge in [-0.05, 0) is 40.5 Å².